The van der Waals surface area contributed by atoms with Crippen molar-refractivity contribution in [3.63, 3.8) is 0 Å². The van der Waals surface area contributed by atoms with Crippen molar-refractivity contribution in [1.29, 1.82) is 0 Å². The van der Waals surface area contributed by atoms with Crippen LogP contribution in [0.4, 0.5) is 0 Å². The molecule has 0 aromatic carbocycles. The zero-order chi connectivity index (χ0) is 12.7. The van der Waals surface area contributed by atoms with Crippen molar-refractivity contribution in [3.8, 4) is 11.8 Å². The van der Waals surface area contributed by atoms with Gasteiger partial charge in [0.05, 0.1) is 12.7 Å². The molecule has 0 fully saturated rings. The maximum absolute atomic E-state index is 5.53. The van der Waals surface area contributed by atoms with Crippen LogP contribution in [-0.2, 0) is 0 Å². The van der Waals surface area contributed by atoms with Crippen LogP contribution in [0.2, 0.25) is 0 Å². The Morgan fingerprint density at radius 3 is 2.47 bits per heavy atom. The van der Waals surface area contributed by atoms with Crippen LogP contribution in [0.1, 0.15) is 26.6 Å². The molecule has 0 amide bonds. The Bertz CT molecular complexity index is 343. The smallest absolute Gasteiger partial charge is 0.220 e. The zero-order valence-corrected chi connectivity index (χ0v) is 11.0. The molecule has 1 aromatic heterocycles. The van der Waals surface area contributed by atoms with Crippen LogP contribution in [0, 0.1) is 6.92 Å². The Morgan fingerprint density at radius 2 is 1.88 bits per heavy atom. The molecule has 0 radical (unpaired) electrons. The minimum absolute atomic E-state index is 0.463. The van der Waals surface area contributed by atoms with Gasteiger partial charge in [0.15, 0.2) is 0 Å². The molecule has 0 aliphatic heterocycles. The van der Waals surface area contributed by atoms with Crippen molar-refractivity contribution in [1.82, 2.24) is 15.3 Å². The molecule has 17 heavy (non-hydrogen) atoms. The first-order valence-electron chi connectivity index (χ1n) is 5.96. The van der Waals surface area contributed by atoms with Gasteiger partial charge in [0.1, 0.15) is 12.4 Å². The molecule has 1 N–H and O–H groups in total. The Morgan fingerprint density at radius 1 is 1.24 bits per heavy atom. The summed E-state index contributed by atoms with van der Waals surface area (Å²) in [5.41, 5.74) is 0. The van der Waals surface area contributed by atoms with Crippen molar-refractivity contribution in [2.24, 2.45) is 0 Å². The van der Waals surface area contributed by atoms with Gasteiger partial charge in [0.25, 0.3) is 0 Å². The summed E-state index contributed by atoms with van der Waals surface area (Å²) in [5, 5.41) is 3.27. The van der Waals surface area contributed by atoms with Gasteiger partial charge in [-0.3, -0.25) is 0 Å². The lowest BCUT2D eigenvalue weighted by molar-refractivity contribution is 0.286. The van der Waals surface area contributed by atoms with Crippen LogP contribution < -0.4 is 14.8 Å². The molecule has 0 aliphatic rings. The lowest BCUT2D eigenvalue weighted by Gasteiger charge is -2.10. The highest BCUT2D eigenvalue weighted by Crippen LogP contribution is 2.14. The number of rotatable bonds is 7. The Hall–Kier alpha value is -1.36. The quantitative estimate of drug-likeness (QED) is 0.732. The molecule has 1 rings (SSSR count). The maximum atomic E-state index is 5.53. The van der Waals surface area contributed by atoms with E-state index in [1.807, 2.05) is 13.8 Å². The van der Waals surface area contributed by atoms with Gasteiger partial charge in [-0.25, -0.2) is 0 Å². The van der Waals surface area contributed by atoms with E-state index in [1.54, 1.807) is 6.07 Å². The van der Waals surface area contributed by atoms with Gasteiger partial charge < -0.3 is 14.8 Å². The van der Waals surface area contributed by atoms with E-state index in [-0.39, 0.29) is 0 Å². The molecular formula is C12H21N3O2. The fraction of sp³-hybridized carbons (Fsp3) is 0.667. The number of nitrogens with one attached hydrogen (secondary N) is 1. The number of aryl methyl sites for hydroxylation is 1. The number of nitrogens with zero attached hydrogens (tertiary/aromatic N) is 2. The maximum Gasteiger partial charge on any atom is 0.220 e. The Balaban J connectivity index is 2.46. The molecule has 5 nitrogen and oxygen atoms in total. The monoisotopic (exact) mass is 239 g/mol. The highest BCUT2D eigenvalue weighted by Gasteiger charge is 2.03. The number of ether oxygens (including phenoxy) is 2. The first-order valence-corrected chi connectivity index (χ1v) is 5.96. The van der Waals surface area contributed by atoms with Crippen LogP contribution in [0.25, 0.3) is 0 Å². The fourth-order valence-corrected chi connectivity index (χ4v) is 1.31. The largest absolute Gasteiger partial charge is 0.478 e. The van der Waals surface area contributed by atoms with E-state index in [0.717, 1.165) is 6.54 Å². The van der Waals surface area contributed by atoms with Crippen molar-refractivity contribution < 1.29 is 9.47 Å². The molecule has 96 valence electrons. The minimum Gasteiger partial charge on any atom is -0.478 e. The molecule has 0 saturated carbocycles. The summed E-state index contributed by atoms with van der Waals surface area (Å²) >= 11 is 0. The molecular weight excluding hydrogens is 218 g/mol. The molecule has 0 atom stereocenters. The van der Waals surface area contributed by atoms with E-state index in [0.29, 0.717) is 36.8 Å². The fourth-order valence-electron chi connectivity index (χ4n) is 1.31. The van der Waals surface area contributed by atoms with Crippen LogP contribution >= 0.6 is 0 Å². The van der Waals surface area contributed by atoms with Gasteiger partial charge in [-0.1, -0.05) is 13.8 Å². The van der Waals surface area contributed by atoms with Crippen LogP contribution in [0.5, 0.6) is 11.8 Å². The SMILES string of the molecule is CCOc1cc(OCCNC(C)C)nc(C)n1. The molecule has 0 spiro atoms. The van der Waals surface area contributed by atoms with E-state index >= 15 is 0 Å². The summed E-state index contributed by atoms with van der Waals surface area (Å²) in [6.45, 7) is 9.91. The second kappa shape index (κ2) is 7.06. The second-order valence-electron chi connectivity index (χ2n) is 3.98. The zero-order valence-electron chi connectivity index (χ0n) is 11.0. The number of hydrogen-bond donors (Lipinski definition) is 1. The molecule has 0 bridgehead atoms. The summed E-state index contributed by atoms with van der Waals surface area (Å²) in [4.78, 5) is 8.34. The molecule has 1 aromatic rings. The van der Waals surface area contributed by atoms with E-state index in [9.17, 15) is 0 Å². The lowest BCUT2D eigenvalue weighted by atomic mass is 10.4. The van der Waals surface area contributed by atoms with Crippen LogP contribution in [-0.4, -0.2) is 35.8 Å². The van der Waals surface area contributed by atoms with Gasteiger partial charge in [-0.15, -0.1) is 0 Å². The molecule has 1 heterocycles. The third kappa shape index (κ3) is 5.49. The topological polar surface area (TPSA) is 56.3 Å². The third-order valence-electron chi connectivity index (χ3n) is 1.99. The van der Waals surface area contributed by atoms with Crippen molar-refractivity contribution in [3.05, 3.63) is 11.9 Å². The number of aromatic nitrogens is 2. The third-order valence-corrected chi connectivity index (χ3v) is 1.99. The molecule has 0 saturated heterocycles. The number of hydrogen-bond acceptors (Lipinski definition) is 5. The van der Waals surface area contributed by atoms with Crippen molar-refractivity contribution in [2.45, 2.75) is 33.7 Å². The normalized spacial score (nSPS) is 10.6. The second-order valence-corrected chi connectivity index (χ2v) is 3.98. The van der Waals surface area contributed by atoms with E-state index in [2.05, 4.69) is 29.1 Å². The highest BCUT2D eigenvalue weighted by molar-refractivity contribution is 5.20. The highest BCUT2D eigenvalue weighted by atomic mass is 16.5. The van der Waals surface area contributed by atoms with E-state index in [1.165, 1.54) is 0 Å². The first-order chi connectivity index (χ1) is 8.11. The Labute approximate surface area is 103 Å². The summed E-state index contributed by atoms with van der Waals surface area (Å²) in [7, 11) is 0. The molecule has 0 unspecified atom stereocenters. The van der Waals surface area contributed by atoms with Gasteiger partial charge in [0, 0.05) is 12.6 Å². The summed E-state index contributed by atoms with van der Waals surface area (Å²) in [6.07, 6.45) is 0. The van der Waals surface area contributed by atoms with Gasteiger partial charge >= 0.3 is 0 Å². The van der Waals surface area contributed by atoms with Gasteiger partial charge in [-0.05, 0) is 13.8 Å². The van der Waals surface area contributed by atoms with E-state index < -0.39 is 0 Å². The van der Waals surface area contributed by atoms with E-state index in [4.69, 9.17) is 9.47 Å². The summed E-state index contributed by atoms with van der Waals surface area (Å²) in [5.74, 6) is 1.78. The van der Waals surface area contributed by atoms with Gasteiger partial charge in [0.2, 0.25) is 11.8 Å². The Kier molecular flexibility index (Phi) is 5.69. The first kappa shape index (κ1) is 13.7. The average molecular weight is 239 g/mol. The van der Waals surface area contributed by atoms with Crippen molar-refractivity contribution in [2.75, 3.05) is 19.8 Å². The lowest BCUT2D eigenvalue weighted by Crippen LogP contribution is -2.27. The summed E-state index contributed by atoms with van der Waals surface area (Å²) in [6, 6.07) is 2.18. The standard InChI is InChI=1S/C12H21N3O2/c1-5-16-11-8-12(15-10(4)14-11)17-7-6-13-9(2)3/h8-9,13H,5-7H2,1-4H3. The van der Waals surface area contributed by atoms with Crippen LogP contribution in [0.15, 0.2) is 6.07 Å². The van der Waals surface area contributed by atoms with Crippen molar-refractivity contribution >= 4 is 0 Å². The molecule has 0 aliphatic carbocycles. The molecule has 5 heteroatoms. The minimum atomic E-state index is 0.463. The van der Waals surface area contributed by atoms with Crippen LogP contribution in [0.3, 0.4) is 0 Å². The van der Waals surface area contributed by atoms with Gasteiger partial charge in [-0.2, -0.15) is 9.97 Å². The predicted molar refractivity (Wildman–Crippen MR) is 66.6 cm³/mol. The predicted octanol–water partition coefficient (Wildman–Crippen LogP) is 1.56. The summed E-state index contributed by atoms with van der Waals surface area (Å²) < 4.78 is 10.9. The average Bonchev–Trinajstić information content (AvgIpc) is 2.24.